The van der Waals surface area contributed by atoms with Crippen LogP contribution in [0.4, 0.5) is 0 Å². The average molecular weight is 234 g/mol. The third-order valence-corrected chi connectivity index (χ3v) is 2.47. The fraction of sp³-hybridized carbons (Fsp3) is 0.364. The van der Waals surface area contributed by atoms with Gasteiger partial charge in [-0.1, -0.05) is 0 Å². The van der Waals surface area contributed by atoms with Gasteiger partial charge in [-0.2, -0.15) is 5.10 Å². The Morgan fingerprint density at radius 1 is 1.29 bits per heavy atom. The zero-order valence-corrected chi connectivity index (χ0v) is 9.95. The summed E-state index contributed by atoms with van der Waals surface area (Å²) in [6.45, 7) is 1.89. The molecule has 0 fully saturated rings. The van der Waals surface area contributed by atoms with Crippen LogP contribution in [0.1, 0.15) is 23.2 Å². The molecule has 0 aliphatic carbocycles. The van der Waals surface area contributed by atoms with Crippen molar-refractivity contribution in [2.24, 2.45) is 7.05 Å². The van der Waals surface area contributed by atoms with Crippen molar-refractivity contribution in [3.05, 3.63) is 35.7 Å². The van der Waals surface area contributed by atoms with Crippen LogP contribution >= 0.6 is 0 Å². The Labute approximate surface area is 98.9 Å². The van der Waals surface area contributed by atoms with E-state index >= 15 is 0 Å². The molecule has 1 N–H and O–H groups in total. The zero-order chi connectivity index (χ0) is 12.4. The molecule has 0 saturated carbocycles. The molecule has 6 heteroatoms. The van der Waals surface area contributed by atoms with E-state index in [0.717, 1.165) is 5.56 Å². The third-order valence-electron chi connectivity index (χ3n) is 2.47. The minimum absolute atomic E-state index is 0.331. The van der Waals surface area contributed by atoms with E-state index in [1.807, 2.05) is 6.92 Å². The SMILES string of the molecule is COc1cnn(C)c1C(O)c1ncc(C)cn1. The number of aromatic nitrogens is 4. The van der Waals surface area contributed by atoms with Gasteiger partial charge in [0.2, 0.25) is 0 Å². The molecule has 2 aromatic heterocycles. The number of rotatable bonds is 3. The summed E-state index contributed by atoms with van der Waals surface area (Å²) in [5, 5.41) is 14.2. The molecule has 1 unspecified atom stereocenters. The van der Waals surface area contributed by atoms with E-state index < -0.39 is 6.10 Å². The molecule has 90 valence electrons. The minimum atomic E-state index is -0.946. The Morgan fingerprint density at radius 2 is 1.94 bits per heavy atom. The Morgan fingerprint density at radius 3 is 2.53 bits per heavy atom. The molecule has 2 rings (SSSR count). The fourth-order valence-corrected chi connectivity index (χ4v) is 1.56. The van der Waals surface area contributed by atoms with E-state index in [-0.39, 0.29) is 0 Å². The number of ether oxygens (including phenoxy) is 1. The summed E-state index contributed by atoms with van der Waals surface area (Å²) in [5.41, 5.74) is 1.48. The number of aliphatic hydroxyl groups is 1. The highest BCUT2D eigenvalue weighted by Gasteiger charge is 2.22. The summed E-state index contributed by atoms with van der Waals surface area (Å²) in [6.07, 6.45) is 3.92. The van der Waals surface area contributed by atoms with Gasteiger partial charge in [0.15, 0.2) is 17.7 Å². The van der Waals surface area contributed by atoms with Crippen molar-refractivity contribution in [1.29, 1.82) is 0 Å². The normalized spacial score (nSPS) is 12.5. The predicted molar refractivity (Wildman–Crippen MR) is 60.6 cm³/mol. The van der Waals surface area contributed by atoms with Crippen LogP contribution in [0.3, 0.4) is 0 Å². The summed E-state index contributed by atoms with van der Waals surface area (Å²) in [5.74, 6) is 0.849. The van der Waals surface area contributed by atoms with Gasteiger partial charge in [-0.25, -0.2) is 9.97 Å². The number of aliphatic hydroxyl groups excluding tert-OH is 1. The first kappa shape index (κ1) is 11.5. The van der Waals surface area contributed by atoms with Gasteiger partial charge < -0.3 is 9.84 Å². The molecular weight excluding hydrogens is 220 g/mol. The van der Waals surface area contributed by atoms with E-state index in [4.69, 9.17) is 4.74 Å². The fourth-order valence-electron chi connectivity index (χ4n) is 1.56. The first-order valence-electron chi connectivity index (χ1n) is 5.16. The minimum Gasteiger partial charge on any atom is -0.493 e. The lowest BCUT2D eigenvalue weighted by atomic mass is 10.2. The van der Waals surface area contributed by atoms with Crippen LogP contribution < -0.4 is 4.74 Å². The maximum Gasteiger partial charge on any atom is 0.163 e. The summed E-state index contributed by atoms with van der Waals surface area (Å²) < 4.78 is 6.68. The van der Waals surface area contributed by atoms with Gasteiger partial charge in [-0.05, 0) is 12.5 Å². The van der Waals surface area contributed by atoms with Crippen molar-refractivity contribution in [2.45, 2.75) is 13.0 Å². The molecule has 1 atom stereocenters. The lowest BCUT2D eigenvalue weighted by Crippen LogP contribution is -2.11. The van der Waals surface area contributed by atoms with Gasteiger partial charge in [0, 0.05) is 19.4 Å². The Hall–Kier alpha value is -1.95. The zero-order valence-electron chi connectivity index (χ0n) is 9.95. The molecule has 6 nitrogen and oxygen atoms in total. The number of aryl methyl sites for hydroxylation is 2. The van der Waals surface area contributed by atoms with E-state index in [2.05, 4.69) is 15.1 Å². The highest BCUT2D eigenvalue weighted by Crippen LogP contribution is 2.27. The van der Waals surface area contributed by atoms with Crippen LogP contribution in [0.25, 0.3) is 0 Å². The van der Waals surface area contributed by atoms with Gasteiger partial charge in [0.05, 0.1) is 13.3 Å². The van der Waals surface area contributed by atoms with E-state index in [9.17, 15) is 5.11 Å². The molecule has 17 heavy (non-hydrogen) atoms. The van der Waals surface area contributed by atoms with Crippen LogP contribution in [0.15, 0.2) is 18.6 Å². The van der Waals surface area contributed by atoms with E-state index in [1.165, 1.54) is 7.11 Å². The molecule has 0 bridgehead atoms. The highest BCUT2D eigenvalue weighted by atomic mass is 16.5. The molecule has 0 amide bonds. The molecule has 0 saturated heterocycles. The van der Waals surface area contributed by atoms with Gasteiger partial charge in [-0.3, -0.25) is 4.68 Å². The lowest BCUT2D eigenvalue weighted by Gasteiger charge is -2.11. The molecule has 2 heterocycles. The Kier molecular flexibility index (Phi) is 3.06. The number of nitrogens with zero attached hydrogens (tertiary/aromatic N) is 4. The first-order chi connectivity index (χ1) is 8.13. The van der Waals surface area contributed by atoms with Crippen molar-refractivity contribution in [2.75, 3.05) is 7.11 Å². The first-order valence-corrected chi connectivity index (χ1v) is 5.16. The molecule has 0 spiro atoms. The number of hydrogen-bond donors (Lipinski definition) is 1. The second kappa shape index (κ2) is 4.50. The molecule has 0 radical (unpaired) electrons. The van der Waals surface area contributed by atoms with Gasteiger partial charge in [-0.15, -0.1) is 0 Å². The van der Waals surface area contributed by atoms with E-state index in [1.54, 1.807) is 30.3 Å². The number of methoxy groups -OCH3 is 1. The number of hydrogen-bond acceptors (Lipinski definition) is 5. The average Bonchev–Trinajstić information content (AvgIpc) is 2.70. The molecule has 0 aromatic carbocycles. The molecule has 0 aliphatic heterocycles. The highest BCUT2D eigenvalue weighted by molar-refractivity contribution is 5.30. The molecule has 0 aliphatic rings. The largest absolute Gasteiger partial charge is 0.493 e. The monoisotopic (exact) mass is 234 g/mol. The summed E-state index contributed by atoms with van der Waals surface area (Å²) >= 11 is 0. The Balaban J connectivity index is 2.39. The predicted octanol–water partition coefficient (Wildman–Crippen LogP) is 0.609. The molecule has 2 aromatic rings. The van der Waals surface area contributed by atoms with Crippen molar-refractivity contribution in [1.82, 2.24) is 19.7 Å². The second-order valence-electron chi connectivity index (χ2n) is 3.74. The molecular formula is C11H14N4O2. The van der Waals surface area contributed by atoms with Gasteiger partial charge >= 0.3 is 0 Å². The maximum atomic E-state index is 10.2. The standard InChI is InChI=1S/C11H14N4O2/c1-7-4-12-11(13-5-7)10(16)9-8(17-3)6-14-15(9)2/h4-6,10,16H,1-3H3. The van der Waals surface area contributed by atoms with Crippen LogP contribution in [-0.4, -0.2) is 32.0 Å². The van der Waals surface area contributed by atoms with Gasteiger partial charge in [0.1, 0.15) is 5.69 Å². The Bertz CT molecular complexity index is 507. The quantitative estimate of drug-likeness (QED) is 0.842. The maximum absolute atomic E-state index is 10.2. The van der Waals surface area contributed by atoms with Gasteiger partial charge in [0.25, 0.3) is 0 Å². The third kappa shape index (κ3) is 2.12. The second-order valence-corrected chi connectivity index (χ2v) is 3.74. The summed E-state index contributed by atoms with van der Waals surface area (Å²) in [4.78, 5) is 8.19. The van der Waals surface area contributed by atoms with Crippen molar-refractivity contribution < 1.29 is 9.84 Å². The summed E-state index contributed by atoms with van der Waals surface area (Å²) in [7, 11) is 3.26. The van der Waals surface area contributed by atoms with Crippen LogP contribution in [-0.2, 0) is 7.05 Å². The van der Waals surface area contributed by atoms with Crippen LogP contribution in [0, 0.1) is 6.92 Å². The topological polar surface area (TPSA) is 73.1 Å². The smallest absolute Gasteiger partial charge is 0.163 e. The van der Waals surface area contributed by atoms with Crippen LogP contribution in [0.2, 0.25) is 0 Å². The van der Waals surface area contributed by atoms with Crippen LogP contribution in [0.5, 0.6) is 5.75 Å². The summed E-state index contributed by atoms with van der Waals surface area (Å²) in [6, 6.07) is 0. The van der Waals surface area contributed by atoms with E-state index in [0.29, 0.717) is 17.3 Å². The van der Waals surface area contributed by atoms with Crippen molar-refractivity contribution >= 4 is 0 Å². The van der Waals surface area contributed by atoms with Crippen molar-refractivity contribution in [3.63, 3.8) is 0 Å². The lowest BCUT2D eigenvalue weighted by molar-refractivity contribution is 0.194. The van der Waals surface area contributed by atoms with Crippen molar-refractivity contribution in [3.8, 4) is 5.75 Å².